The van der Waals surface area contributed by atoms with Crippen LogP contribution in [-0.4, -0.2) is 40.0 Å². The molecule has 4 heteroatoms. The summed E-state index contributed by atoms with van der Waals surface area (Å²) in [5.74, 6) is 1.00. The number of nitrogens with one attached hydrogen (secondary N) is 2. The van der Waals surface area contributed by atoms with Crippen LogP contribution in [-0.2, 0) is 6.54 Å². The molecule has 1 saturated carbocycles. The summed E-state index contributed by atoms with van der Waals surface area (Å²) in [4.78, 5) is 10.2. The topological polar surface area (TPSA) is 44.0 Å². The van der Waals surface area contributed by atoms with Crippen molar-refractivity contribution in [3.05, 3.63) is 17.7 Å². The Morgan fingerprint density at radius 2 is 2.12 bits per heavy atom. The van der Waals surface area contributed by atoms with Gasteiger partial charge < -0.3 is 15.2 Å². The fourth-order valence-electron chi connectivity index (χ4n) is 2.72. The zero-order valence-corrected chi connectivity index (χ0v) is 10.6. The number of nitrogens with zero attached hydrogens (tertiary/aromatic N) is 2. The lowest BCUT2D eigenvalue weighted by molar-refractivity contribution is 0.189. The number of rotatable bonds is 4. The minimum absolute atomic E-state index is 0.689. The van der Waals surface area contributed by atoms with Gasteiger partial charge in [-0.05, 0) is 45.7 Å². The van der Waals surface area contributed by atoms with Crippen LogP contribution in [0.1, 0.15) is 37.2 Å². The molecule has 0 amide bonds. The monoisotopic (exact) mass is 234 g/mol. The summed E-state index contributed by atoms with van der Waals surface area (Å²) in [5.41, 5.74) is 1.20. The highest BCUT2D eigenvalue weighted by Crippen LogP contribution is 2.29. The van der Waals surface area contributed by atoms with Crippen molar-refractivity contribution in [2.75, 3.05) is 13.1 Å². The number of H-pyrrole nitrogens is 1. The predicted octanol–water partition coefficient (Wildman–Crippen LogP) is 1.43. The lowest BCUT2D eigenvalue weighted by atomic mass is 10.0. The highest BCUT2D eigenvalue weighted by molar-refractivity contribution is 5.00. The van der Waals surface area contributed by atoms with Gasteiger partial charge in [-0.2, -0.15) is 0 Å². The summed E-state index contributed by atoms with van der Waals surface area (Å²) in [7, 11) is 0. The van der Waals surface area contributed by atoms with Crippen LogP contribution in [0.25, 0.3) is 0 Å². The normalized spacial score (nSPS) is 23.1. The van der Waals surface area contributed by atoms with E-state index in [1.807, 2.05) is 13.1 Å². The standard InChI is InChI=1S/C13H22N4/c1-10-14-8-12(16-10)9-15-11-4-6-17(7-5-11)13-2-3-13/h8,11,13,15H,2-7,9H2,1H3,(H,14,16). The highest BCUT2D eigenvalue weighted by atomic mass is 15.2. The summed E-state index contributed by atoms with van der Waals surface area (Å²) < 4.78 is 0. The van der Waals surface area contributed by atoms with Gasteiger partial charge in [0.15, 0.2) is 0 Å². The first kappa shape index (κ1) is 11.2. The molecular weight excluding hydrogens is 212 g/mol. The molecule has 2 fully saturated rings. The van der Waals surface area contributed by atoms with Crippen molar-refractivity contribution in [3.63, 3.8) is 0 Å². The molecule has 17 heavy (non-hydrogen) atoms. The molecule has 2 aliphatic rings. The molecule has 0 unspecified atom stereocenters. The molecule has 1 aliphatic heterocycles. The molecule has 2 N–H and O–H groups in total. The summed E-state index contributed by atoms with van der Waals surface area (Å²) in [6, 6.07) is 1.62. The average Bonchev–Trinajstić information content (AvgIpc) is 3.11. The van der Waals surface area contributed by atoms with E-state index < -0.39 is 0 Å². The first-order valence-corrected chi connectivity index (χ1v) is 6.79. The van der Waals surface area contributed by atoms with Crippen molar-refractivity contribution in [2.24, 2.45) is 0 Å². The second-order valence-corrected chi connectivity index (χ2v) is 5.42. The Morgan fingerprint density at radius 1 is 1.35 bits per heavy atom. The lowest BCUT2D eigenvalue weighted by Crippen LogP contribution is -2.43. The maximum atomic E-state index is 4.22. The predicted molar refractivity (Wildman–Crippen MR) is 67.8 cm³/mol. The summed E-state index contributed by atoms with van der Waals surface area (Å²) in [5, 5.41) is 3.63. The van der Waals surface area contributed by atoms with E-state index in [1.165, 1.54) is 44.5 Å². The summed E-state index contributed by atoms with van der Waals surface area (Å²) in [6.45, 7) is 5.49. The van der Waals surface area contributed by atoms with Crippen LogP contribution in [0.15, 0.2) is 6.20 Å². The highest BCUT2D eigenvalue weighted by Gasteiger charge is 2.31. The number of hydrogen-bond acceptors (Lipinski definition) is 3. The number of aryl methyl sites for hydroxylation is 1. The van der Waals surface area contributed by atoms with Crippen molar-refractivity contribution in [1.82, 2.24) is 20.2 Å². The molecule has 1 aliphatic carbocycles. The molecule has 3 rings (SSSR count). The Hall–Kier alpha value is -0.870. The van der Waals surface area contributed by atoms with Gasteiger partial charge in [0.25, 0.3) is 0 Å². The summed E-state index contributed by atoms with van der Waals surface area (Å²) >= 11 is 0. The van der Waals surface area contributed by atoms with E-state index in [4.69, 9.17) is 0 Å². The largest absolute Gasteiger partial charge is 0.345 e. The molecule has 94 valence electrons. The lowest BCUT2D eigenvalue weighted by Gasteiger charge is -2.32. The molecule has 0 spiro atoms. The Bertz CT molecular complexity index is 361. The van der Waals surface area contributed by atoms with Crippen molar-refractivity contribution >= 4 is 0 Å². The number of hydrogen-bond donors (Lipinski definition) is 2. The SMILES string of the molecule is Cc1ncc(CNC2CCN(C3CC3)CC2)[nH]1. The number of aromatic amines is 1. The maximum Gasteiger partial charge on any atom is 0.103 e. The van der Waals surface area contributed by atoms with Gasteiger partial charge in [-0.15, -0.1) is 0 Å². The third-order valence-electron chi connectivity index (χ3n) is 3.93. The van der Waals surface area contributed by atoms with Crippen LogP contribution >= 0.6 is 0 Å². The molecule has 1 aromatic rings. The second-order valence-electron chi connectivity index (χ2n) is 5.42. The van der Waals surface area contributed by atoms with Gasteiger partial charge in [0.05, 0.1) is 0 Å². The smallest absolute Gasteiger partial charge is 0.103 e. The van der Waals surface area contributed by atoms with E-state index in [-0.39, 0.29) is 0 Å². The Kier molecular flexibility index (Phi) is 3.16. The van der Waals surface area contributed by atoms with Gasteiger partial charge in [-0.25, -0.2) is 4.98 Å². The van der Waals surface area contributed by atoms with E-state index in [2.05, 4.69) is 20.2 Å². The van der Waals surface area contributed by atoms with Gasteiger partial charge in [0, 0.05) is 30.5 Å². The molecule has 0 bridgehead atoms. The van der Waals surface area contributed by atoms with Crippen molar-refractivity contribution in [2.45, 2.75) is 51.2 Å². The molecule has 1 saturated heterocycles. The molecular formula is C13H22N4. The number of likely N-dealkylation sites (tertiary alicyclic amines) is 1. The maximum absolute atomic E-state index is 4.22. The van der Waals surface area contributed by atoms with Crippen LogP contribution in [0.4, 0.5) is 0 Å². The molecule has 4 nitrogen and oxygen atoms in total. The van der Waals surface area contributed by atoms with Crippen LogP contribution in [0, 0.1) is 6.92 Å². The van der Waals surface area contributed by atoms with Crippen molar-refractivity contribution < 1.29 is 0 Å². The van der Waals surface area contributed by atoms with Gasteiger partial charge in [-0.3, -0.25) is 0 Å². The van der Waals surface area contributed by atoms with E-state index in [0.29, 0.717) is 6.04 Å². The van der Waals surface area contributed by atoms with Gasteiger partial charge in [-0.1, -0.05) is 0 Å². The molecule has 0 aromatic carbocycles. The van der Waals surface area contributed by atoms with Crippen LogP contribution in [0.5, 0.6) is 0 Å². The fraction of sp³-hybridized carbons (Fsp3) is 0.769. The molecule has 1 aromatic heterocycles. The third-order valence-corrected chi connectivity index (χ3v) is 3.93. The first-order valence-electron chi connectivity index (χ1n) is 6.79. The summed E-state index contributed by atoms with van der Waals surface area (Å²) in [6.07, 6.45) is 7.39. The van der Waals surface area contributed by atoms with Crippen molar-refractivity contribution in [3.8, 4) is 0 Å². The number of piperidine rings is 1. The van der Waals surface area contributed by atoms with E-state index in [1.54, 1.807) is 0 Å². The fourth-order valence-corrected chi connectivity index (χ4v) is 2.72. The van der Waals surface area contributed by atoms with Crippen LogP contribution in [0.3, 0.4) is 0 Å². The van der Waals surface area contributed by atoms with Crippen LogP contribution in [0.2, 0.25) is 0 Å². The van der Waals surface area contributed by atoms with Gasteiger partial charge >= 0.3 is 0 Å². The quantitative estimate of drug-likeness (QED) is 0.828. The molecule has 0 atom stereocenters. The Labute approximate surface area is 103 Å². The zero-order valence-electron chi connectivity index (χ0n) is 10.6. The zero-order chi connectivity index (χ0) is 11.7. The van der Waals surface area contributed by atoms with E-state index in [9.17, 15) is 0 Å². The number of imidazole rings is 1. The van der Waals surface area contributed by atoms with Gasteiger partial charge in [0.1, 0.15) is 5.82 Å². The minimum Gasteiger partial charge on any atom is -0.345 e. The van der Waals surface area contributed by atoms with Crippen molar-refractivity contribution in [1.29, 1.82) is 0 Å². The van der Waals surface area contributed by atoms with Crippen LogP contribution < -0.4 is 5.32 Å². The molecule has 0 radical (unpaired) electrons. The Balaban J connectivity index is 1.41. The number of aromatic nitrogens is 2. The van der Waals surface area contributed by atoms with E-state index >= 15 is 0 Å². The third kappa shape index (κ3) is 2.87. The first-order chi connectivity index (χ1) is 8.31. The van der Waals surface area contributed by atoms with E-state index in [0.717, 1.165) is 18.4 Å². The Morgan fingerprint density at radius 3 is 2.71 bits per heavy atom. The average molecular weight is 234 g/mol. The minimum atomic E-state index is 0.689. The second kappa shape index (κ2) is 4.78. The van der Waals surface area contributed by atoms with Gasteiger partial charge in [0.2, 0.25) is 0 Å². The molecule has 2 heterocycles.